The third-order valence-corrected chi connectivity index (χ3v) is 8.41. The first-order valence-corrected chi connectivity index (χ1v) is 13.9. The number of aromatic amines is 1. The number of benzene rings is 2. The number of piperazine rings is 1. The minimum atomic E-state index is -5.04. The number of hydrogen-bond acceptors (Lipinski definition) is 4. The highest BCUT2D eigenvalue weighted by Crippen LogP contribution is 2.38. The smallest absolute Gasteiger partial charge is 0.379 e. The lowest BCUT2D eigenvalue weighted by Crippen LogP contribution is -2.59. The first-order chi connectivity index (χ1) is 20.0. The lowest BCUT2D eigenvalue weighted by atomic mass is 9.97. The predicted molar refractivity (Wildman–Crippen MR) is 144 cm³/mol. The molecular formula is C30H30F6N4O2. The van der Waals surface area contributed by atoms with Gasteiger partial charge in [-0.1, -0.05) is 24.3 Å². The number of carbonyl (C=O) groups excluding carboxylic acids is 1. The largest absolute Gasteiger partial charge is 0.416 e. The summed E-state index contributed by atoms with van der Waals surface area (Å²) in [7, 11) is 0. The Morgan fingerprint density at radius 3 is 2.33 bits per heavy atom. The summed E-state index contributed by atoms with van der Waals surface area (Å²) in [6.45, 7) is 4.23. The first kappa shape index (κ1) is 28.6. The highest BCUT2D eigenvalue weighted by molar-refractivity contribution is 5.95. The van der Waals surface area contributed by atoms with Crippen LogP contribution in [0.5, 0.6) is 0 Å². The van der Waals surface area contributed by atoms with Gasteiger partial charge in [0.1, 0.15) is 0 Å². The van der Waals surface area contributed by atoms with E-state index < -0.39 is 41.0 Å². The number of rotatable bonds is 5. The van der Waals surface area contributed by atoms with Crippen molar-refractivity contribution < 1.29 is 35.9 Å². The summed E-state index contributed by atoms with van der Waals surface area (Å²) in [6, 6.07) is 8.17. The van der Waals surface area contributed by atoms with E-state index in [0.29, 0.717) is 44.7 Å². The molecule has 6 nitrogen and oxygen atoms in total. The molecule has 2 fully saturated rings. The van der Waals surface area contributed by atoms with Gasteiger partial charge in [-0.2, -0.15) is 26.3 Å². The summed E-state index contributed by atoms with van der Waals surface area (Å²) in [5, 5.41) is 0.955. The van der Waals surface area contributed by atoms with Crippen molar-refractivity contribution in [3.63, 3.8) is 0 Å². The highest BCUT2D eigenvalue weighted by Gasteiger charge is 2.42. The molecule has 6 rings (SSSR count). The third-order valence-electron chi connectivity index (χ3n) is 8.41. The summed E-state index contributed by atoms with van der Waals surface area (Å²) in [5.41, 5.74) is -0.665. The summed E-state index contributed by atoms with van der Waals surface area (Å²) < 4.78 is 87.1. The van der Waals surface area contributed by atoms with E-state index in [0.717, 1.165) is 41.8 Å². The SMILES string of the molecule is O=C(c1cc(C(F)(F)F)cc(C(F)(F)F)c1)N1C[C@H]2CC=C(CN3CCOCC3)N2C[C@H]1Cc1c[nH]c2ccccc12. The van der Waals surface area contributed by atoms with Gasteiger partial charge in [0.2, 0.25) is 0 Å². The number of fused-ring (bicyclic) bond motifs is 2. The van der Waals surface area contributed by atoms with E-state index in [-0.39, 0.29) is 18.7 Å². The van der Waals surface area contributed by atoms with Crippen LogP contribution in [0.4, 0.5) is 26.3 Å². The molecule has 0 unspecified atom stereocenters. The summed E-state index contributed by atoms with van der Waals surface area (Å²) in [5.74, 6) is -0.835. The number of nitrogens with zero attached hydrogens (tertiary/aromatic N) is 3. The molecule has 2 saturated heterocycles. The minimum absolute atomic E-state index is 0.0525. The van der Waals surface area contributed by atoms with Gasteiger partial charge < -0.3 is 19.5 Å². The van der Waals surface area contributed by atoms with Gasteiger partial charge in [-0.15, -0.1) is 0 Å². The van der Waals surface area contributed by atoms with Gasteiger partial charge in [-0.05, 0) is 42.7 Å². The van der Waals surface area contributed by atoms with Crippen molar-refractivity contribution in [3.05, 3.63) is 82.7 Å². The van der Waals surface area contributed by atoms with Crippen LogP contribution in [0.2, 0.25) is 0 Å². The van der Waals surface area contributed by atoms with Crippen molar-refractivity contribution in [2.75, 3.05) is 45.9 Å². The molecule has 3 aliphatic heterocycles. The molecular weight excluding hydrogens is 562 g/mol. The summed E-state index contributed by atoms with van der Waals surface area (Å²) in [6.07, 6.45) is -5.08. The van der Waals surface area contributed by atoms with Crippen LogP contribution in [0, 0.1) is 0 Å². The standard InChI is InChI=1S/C30H30F6N4O2/c31-29(32,33)21-11-19(12-22(14-21)30(34,35)36)28(41)40-17-24-6-5-23(16-38-7-9-42-10-8-38)39(24)18-25(40)13-20-15-37-27-4-2-1-3-26(20)27/h1-5,11-12,14-15,24-25,37H,6-10,13,16-18H2/t24-,25-/m1/s1. The zero-order valence-corrected chi connectivity index (χ0v) is 22.6. The monoisotopic (exact) mass is 592 g/mol. The third kappa shape index (κ3) is 5.74. The zero-order valence-electron chi connectivity index (χ0n) is 22.6. The molecule has 2 atom stereocenters. The second-order valence-corrected chi connectivity index (χ2v) is 11.1. The van der Waals surface area contributed by atoms with E-state index >= 15 is 0 Å². The van der Waals surface area contributed by atoms with Crippen molar-refractivity contribution in [2.45, 2.75) is 37.3 Å². The van der Waals surface area contributed by atoms with Crippen molar-refractivity contribution in [2.24, 2.45) is 0 Å². The molecule has 0 bridgehead atoms. The Kier molecular flexibility index (Phi) is 7.46. The fraction of sp³-hybridized carbons (Fsp3) is 0.433. The number of para-hydroxylation sites is 1. The highest BCUT2D eigenvalue weighted by atomic mass is 19.4. The van der Waals surface area contributed by atoms with Crippen molar-refractivity contribution in [1.29, 1.82) is 0 Å². The Bertz CT molecular complexity index is 1460. The van der Waals surface area contributed by atoms with Gasteiger partial charge in [0, 0.05) is 67.1 Å². The van der Waals surface area contributed by atoms with E-state index in [9.17, 15) is 31.1 Å². The van der Waals surface area contributed by atoms with Gasteiger partial charge >= 0.3 is 12.4 Å². The number of H-pyrrole nitrogens is 1. The summed E-state index contributed by atoms with van der Waals surface area (Å²) >= 11 is 0. The Morgan fingerprint density at radius 2 is 1.64 bits per heavy atom. The number of alkyl halides is 6. The van der Waals surface area contributed by atoms with Crippen molar-refractivity contribution >= 4 is 16.8 Å². The molecule has 1 N–H and O–H groups in total. The van der Waals surface area contributed by atoms with E-state index in [1.807, 2.05) is 30.5 Å². The number of halogens is 6. The van der Waals surface area contributed by atoms with Gasteiger partial charge in [0.05, 0.1) is 30.4 Å². The van der Waals surface area contributed by atoms with Crippen LogP contribution in [-0.4, -0.2) is 83.6 Å². The molecule has 0 saturated carbocycles. The zero-order chi connectivity index (χ0) is 29.6. The summed E-state index contributed by atoms with van der Waals surface area (Å²) in [4.78, 5) is 23.1. The number of aromatic nitrogens is 1. The molecule has 42 heavy (non-hydrogen) atoms. The van der Waals surface area contributed by atoms with Gasteiger partial charge in [-0.25, -0.2) is 0 Å². The van der Waals surface area contributed by atoms with Crippen LogP contribution in [0.3, 0.4) is 0 Å². The number of amides is 1. The second kappa shape index (κ2) is 11.0. The number of carbonyl (C=O) groups is 1. The molecule has 2 aromatic carbocycles. The lowest BCUT2D eigenvalue weighted by Gasteiger charge is -2.46. The van der Waals surface area contributed by atoms with E-state index in [1.165, 1.54) is 4.90 Å². The van der Waals surface area contributed by atoms with Crippen LogP contribution in [0.1, 0.15) is 33.5 Å². The van der Waals surface area contributed by atoms with Gasteiger partial charge in [-0.3, -0.25) is 9.69 Å². The average molecular weight is 593 g/mol. The second-order valence-electron chi connectivity index (χ2n) is 11.1. The lowest BCUT2D eigenvalue weighted by molar-refractivity contribution is -0.143. The maximum Gasteiger partial charge on any atom is 0.416 e. The van der Waals surface area contributed by atoms with E-state index in [4.69, 9.17) is 4.74 Å². The Balaban J connectivity index is 1.33. The van der Waals surface area contributed by atoms with Crippen LogP contribution in [-0.2, 0) is 23.5 Å². The normalized spacial score (nSPS) is 22.0. The molecule has 4 heterocycles. The fourth-order valence-corrected chi connectivity index (χ4v) is 6.26. The van der Waals surface area contributed by atoms with E-state index in [2.05, 4.69) is 20.9 Å². The molecule has 12 heteroatoms. The molecule has 3 aromatic rings. The molecule has 1 aromatic heterocycles. The molecule has 1 amide bonds. The van der Waals surface area contributed by atoms with Gasteiger partial charge in [0.25, 0.3) is 5.91 Å². The van der Waals surface area contributed by atoms with Crippen LogP contribution in [0.25, 0.3) is 10.9 Å². The fourth-order valence-electron chi connectivity index (χ4n) is 6.26. The number of hydrogen-bond donors (Lipinski definition) is 1. The maximum absolute atomic E-state index is 13.9. The molecule has 0 aliphatic carbocycles. The Labute approximate surface area is 238 Å². The minimum Gasteiger partial charge on any atom is -0.379 e. The Hall–Kier alpha value is -3.51. The van der Waals surface area contributed by atoms with Gasteiger partial charge in [0.15, 0.2) is 0 Å². The number of ether oxygens (including phenoxy) is 1. The van der Waals surface area contributed by atoms with Crippen LogP contribution < -0.4 is 0 Å². The van der Waals surface area contributed by atoms with Crippen molar-refractivity contribution in [3.8, 4) is 0 Å². The topological polar surface area (TPSA) is 51.8 Å². The average Bonchev–Trinajstić information content (AvgIpc) is 3.55. The Morgan fingerprint density at radius 1 is 0.952 bits per heavy atom. The quantitative estimate of drug-likeness (QED) is 0.394. The first-order valence-electron chi connectivity index (χ1n) is 13.9. The van der Waals surface area contributed by atoms with Crippen LogP contribution in [0.15, 0.2) is 60.4 Å². The van der Waals surface area contributed by atoms with Crippen LogP contribution >= 0.6 is 0 Å². The van der Waals surface area contributed by atoms with Crippen molar-refractivity contribution in [1.82, 2.24) is 19.7 Å². The molecule has 3 aliphatic rings. The number of morpholine rings is 1. The predicted octanol–water partition coefficient (Wildman–Crippen LogP) is 5.56. The molecule has 0 radical (unpaired) electrons. The maximum atomic E-state index is 13.9. The van der Waals surface area contributed by atoms with E-state index in [1.54, 1.807) is 0 Å². The molecule has 0 spiro atoms. The molecule has 224 valence electrons. The number of nitrogens with one attached hydrogen (secondary N) is 1.